The van der Waals surface area contributed by atoms with Gasteiger partial charge in [-0.1, -0.05) is 55.8 Å². The third kappa shape index (κ3) is 4.39. The van der Waals surface area contributed by atoms with Crippen LogP contribution in [0.1, 0.15) is 34.8 Å². The van der Waals surface area contributed by atoms with Crippen LogP contribution in [0.15, 0.2) is 54.6 Å². The quantitative estimate of drug-likeness (QED) is 0.831. The highest BCUT2D eigenvalue weighted by molar-refractivity contribution is 5.94. The molecule has 25 heavy (non-hydrogen) atoms. The van der Waals surface area contributed by atoms with E-state index in [1.54, 1.807) is 30.3 Å². The highest BCUT2D eigenvalue weighted by Gasteiger charge is 2.55. The average Bonchev–Trinajstić information content (AvgIpc) is 2.60. The zero-order chi connectivity index (χ0) is 18.5. The van der Waals surface area contributed by atoms with E-state index >= 15 is 0 Å². The van der Waals surface area contributed by atoms with Gasteiger partial charge in [0.1, 0.15) is 0 Å². The van der Waals surface area contributed by atoms with Crippen LogP contribution >= 0.6 is 0 Å². The molecule has 2 aromatic carbocycles. The van der Waals surface area contributed by atoms with E-state index in [9.17, 15) is 23.1 Å². The van der Waals surface area contributed by atoms with Gasteiger partial charge in [-0.25, -0.2) is 0 Å². The van der Waals surface area contributed by atoms with Crippen LogP contribution in [-0.4, -0.2) is 23.7 Å². The number of amides is 1. The van der Waals surface area contributed by atoms with Crippen molar-refractivity contribution in [3.63, 3.8) is 0 Å². The molecule has 0 unspecified atom stereocenters. The average molecular weight is 351 g/mol. The SMILES string of the molecule is CCCc1ccc(C(=O)NC[C@@](O)(c2ccccc2)C(F)(F)F)cc1. The molecule has 0 spiro atoms. The molecule has 1 atom stereocenters. The van der Waals surface area contributed by atoms with Crippen molar-refractivity contribution in [1.29, 1.82) is 0 Å². The number of halogens is 3. The summed E-state index contributed by atoms with van der Waals surface area (Å²) in [5.74, 6) is -0.665. The summed E-state index contributed by atoms with van der Waals surface area (Å²) < 4.78 is 40.1. The fourth-order valence-corrected chi connectivity index (χ4v) is 2.50. The maximum atomic E-state index is 13.4. The first-order valence-corrected chi connectivity index (χ1v) is 7.99. The van der Waals surface area contributed by atoms with Gasteiger partial charge in [0, 0.05) is 5.56 Å². The molecule has 1 amide bonds. The fourth-order valence-electron chi connectivity index (χ4n) is 2.50. The molecule has 134 valence electrons. The number of nitrogens with one attached hydrogen (secondary N) is 1. The summed E-state index contributed by atoms with van der Waals surface area (Å²) in [6.45, 7) is 1.07. The van der Waals surface area contributed by atoms with Gasteiger partial charge in [0.25, 0.3) is 5.91 Å². The summed E-state index contributed by atoms with van der Waals surface area (Å²) in [6, 6.07) is 13.4. The van der Waals surface area contributed by atoms with Crippen molar-refractivity contribution in [3.8, 4) is 0 Å². The van der Waals surface area contributed by atoms with Gasteiger partial charge in [-0.15, -0.1) is 0 Å². The number of aliphatic hydroxyl groups is 1. The summed E-state index contributed by atoms with van der Waals surface area (Å²) in [7, 11) is 0. The molecule has 0 fully saturated rings. The van der Waals surface area contributed by atoms with Crippen LogP contribution in [0.3, 0.4) is 0 Å². The minimum absolute atomic E-state index is 0.248. The molecule has 0 saturated heterocycles. The molecule has 0 aliphatic heterocycles. The third-order valence-corrected chi connectivity index (χ3v) is 3.98. The van der Waals surface area contributed by atoms with Crippen LogP contribution < -0.4 is 5.32 Å². The van der Waals surface area contributed by atoms with E-state index in [2.05, 4.69) is 5.32 Å². The predicted molar refractivity (Wildman–Crippen MR) is 89.2 cm³/mol. The van der Waals surface area contributed by atoms with Crippen molar-refractivity contribution in [2.24, 2.45) is 0 Å². The minimum Gasteiger partial charge on any atom is -0.375 e. The zero-order valence-electron chi connectivity index (χ0n) is 13.8. The zero-order valence-corrected chi connectivity index (χ0v) is 13.8. The Kier molecular flexibility index (Phi) is 5.85. The first-order chi connectivity index (χ1) is 11.8. The first kappa shape index (κ1) is 19.0. The Hall–Kier alpha value is -2.34. The van der Waals surface area contributed by atoms with Crippen molar-refractivity contribution in [1.82, 2.24) is 5.32 Å². The second kappa shape index (κ2) is 7.70. The van der Waals surface area contributed by atoms with Crippen LogP contribution in [-0.2, 0) is 12.0 Å². The van der Waals surface area contributed by atoms with Crippen molar-refractivity contribution in [3.05, 3.63) is 71.3 Å². The molecule has 0 aliphatic rings. The van der Waals surface area contributed by atoms with Gasteiger partial charge in [0.2, 0.25) is 5.60 Å². The maximum absolute atomic E-state index is 13.4. The molecule has 6 heteroatoms. The Balaban J connectivity index is 2.14. The summed E-state index contributed by atoms with van der Waals surface area (Å²) >= 11 is 0. The van der Waals surface area contributed by atoms with Crippen LogP contribution in [0.4, 0.5) is 13.2 Å². The lowest BCUT2D eigenvalue weighted by Gasteiger charge is -2.31. The molecule has 0 saturated carbocycles. The van der Waals surface area contributed by atoms with Gasteiger partial charge in [-0.05, 0) is 29.7 Å². The van der Waals surface area contributed by atoms with Gasteiger partial charge in [-0.2, -0.15) is 13.2 Å². The minimum atomic E-state index is -4.92. The van der Waals surface area contributed by atoms with Crippen molar-refractivity contribution >= 4 is 5.91 Å². The van der Waals surface area contributed by atoms with Gasteiger partial charge < -0.3 is 10.4 Å². The van der Waals surface area contributed by atoms with E-state index in [4.69, 9.17) is 0 Å². The Labute approximate surface area is 144 Å². The lowest BCUT2D eigenvalue weighted by molar-refractivity contribution is -0.263. The lowest BCUT2D eigenvalue weighted by Crippen LogP contribution is -2.51. The molecular weight excluding hydrogens is 331 g/mol. The Morgan fingerprint density at radius 3 is 2.16 bits per heavy atom. The standard InChI is InChI=1S/C19H20F3NO2/c1-2-6-14-9-11-15(12-10-14)17(24)23-13-18(25,19(20,21)22)16-7-4-3-5-8-16/h3-5,7-12,25H,2,6,13H2,1H3,(H,23,24)/t18-/m1/s1. The number of carbonyl (C=O) groups is 1. The van der Waals surface area contributed by atoms with E-state index in [0.717, 1.165) is 18.4 Å². The molecule has 0 heterocycles. The molecule has 2 rings (SSSR count). The molecule has 0 bridgehead atoms. The lowest BCUT2D eigenvalue weighted by atomic mass is 9.93. The van der Waals surface area contributed by atoms with E-state index in [0.29, 0.717) is 0 Å². The van der Waals surface area contributed by atoms with Crippen molar-refractivity contribution in [2.75, 3.05) is 6.54 Å². The Morgan fingerprint density at radius 2 is 1.64 bits per heavy atom. The third-order valence-electron chi connectivity index (χ3n) is 3.98. The van der Waals surface area contributed by atoms with E-state index in [1.165, 1.54) is 24.3 Å². The monoisotopic (exact) mass is 351 g/mol. The highest BCUT2D eigenvalue weighted by Crippen LogP contribution is 2.38. The first-order valence-electron chi connectivity index (χ1n) is 7.99. The molecule has 0 aliphatic carbocycles. The number of hydrogen-bond acceptors (Lipinski definition) is 2. The van der Waals surface area contributed by atoms with Crippen LogP contribution in [0.25, 0.3) is 0 Å². The van der Waals surface area contributed by atoms with E-state index in [1.807, 2.05) is 6.92 Å². The molecule has 3 nitrogen and oxygen atoms in total. The van der Waals surface area contributed by atoms with Gasteiger partial charge >= 0.3 is 6.18 Å². The highest BCUT2D eigenvalue weighted by atomic mass is 19.4. The molecule has 0 radical (unpaired) electrons. The fraction of sp³-hybridized carbons (Fsp3) is 0.316. The smallest absolute Gasteiger partial charge is 0.375 e. The Bertz CT molecular complexity index is 699. The van der Waals surface area contributed by atoms with Crippen molar-refractivity contribution in [2.45, 2.75) is 31.5 Å². The van der Waals surface area contributed by atoms with Crippen LogP contribution in [0, 0.1) is 0 Å². The summed E-state index contributed by atoms with van der Waals surface area (Å²) in [6.07, 6.45) is -3.10. The van der Waals surface area contributed by atoms with Gasteiger partial charge in [0.15, 0.2) is 0 Å². The summed E-state index contributed by atoms with van der Waals surface area (Å²) in [4.78, 5) is 12.1. The molecule has 2 N–H and O–H groups in total. The number of benzene rings is 2. The Morgan fingerprint density at radius 1 is 1.04 bits per heavy atom. The van der Waals surface area contributed by atoms with E-state index < -0.39 is 24.2 Å². The van der Waals surface area contributed by atoms with Crippen LogP contribution in [0.5, 0.6) is 0 Å². The summed E-state index contributed by atoms with van der Waals surface area (Å²) in [5, 5.41) is 12.4. The normalized spacial score (nSPS) is 14.0. The number of hydrogen-bond donors (Lipinski definition) is 2. The van der Waals surface area contributed by atoms with Crippen LogP contribution in [0.2, 0.25) is 0 Å². The number of aryl methyl sites for hydroxylation is 1. The molecule has 0 aromatic heterocycles. The maximum Gasteiger partial charge on any atom is 0.423 e. The topological polar surface area (TPSA) is 49.3 Å². The van der Waals surface area contributed by atoms with Gasteiger partial charge in [-0.3, -0.25) is 4.79 Å². The predicted octanol–water partition coefficient (Wildman–Crippen LogP) is 3.82. The number of alkyl halides is 3. The second-order valence-corrected chi connectivity index (χ2v) is 5.85. The largest absolute Gasteiger partial charge is 0.423 e. The second-order valence-electron chi connectivity index (χ2n) is 5.85. The summed E-state index contributed by atoms with van der Waals surface area (Å²) in [5.41, 5.74) is -2.17. The van der Waals surface area contributed by atoms with Crippen molar-refractivity contribution < 1.29 is 23.1 Å². The number of carbonyl (C=O) groups excluding carboxylic acids is 1. The van der Waals surface area contributed by atoms with E-state index in [-0.39, 0.29) is 11.1 Å². The molecular formula is C19H20F3NO2. The molecule has 2 aromatic rings. The number of rotatable bonds is 6. The van der Waals surface area contributed by atoms with Gasteiger partial charge in [0.05, 0.1) is 6.54 Å².